The smallest absolute Gasteiger partial charge is 0.225 e. The first-order valence-corrected chi connectivity index (χ1v) is 8.23. The quantitative estimate of drug-likeness (QED) is 0.919. The van der Waals surface area contributed by atoms with E-state index in [2.05, 4.69) is 17.1 Å². The Morgan fingerprint density at radius 3 is 2.65 bits per heavy atom. The van der Waals surface area contributed by atoms with Crippen LogP contribution >= 0.6 is 0 Å². The largest absolute Gasteiger partial charge is 0.341 e. The Hall–Kier alpha value is -1.16. The van der Waals surface area contributed by atoms with Gasteiger partial charge in [-0.2, -0.15) is 0 Å². The number of fused-ring (bicyclic) bond motifs is 1. The van der Waals surface area contributed by atoms with Crippen molar-refractivity contribution in [3.05, 3.63) is 17.0 Å². The van der Waals surface area contributed by atoms with E-state index in [1.54, 1.807) is 0 Å². The summed E-state index contributed by atoms with van der Waals surface area (Å²) in [5.41, 5.74) is 3.97. The van der Waals surface area contributed by atoms with Gasteiger partial charge in [0.2, 0.25) is 5.95 Å². The van der Waals surface area contributed by atoms with E-state index in [0.717, 1.165) is 51.4 Å². The van der Waals surface area contributed by atoms with Gasteiger partial charge in [0.15, 0.2) is 0 Å². The molecule has 4 heteroatoms. The summed E-state index contributed by atoms with van der Waals surface area (Å²) in [6.45, 7) is 6.46. The SMILES string of the molecule is CCCc1nc(N2CCCCCC2)nc2c1CCNC2. The van der Waals surface area contributed by atoms with Crippen LogP contribution in [0.25, 0.3) is 0 Å². The van der Waals surface area contributed by atoms with E-state index in [-0.39, 0.29) is 0 Å². The first-order valence-electron chi connectivity index (χ1n) is 8.23. The molecule has 3 rings (SSSR count). The molecule has 0 unspecified atom stereocenters. The Balaban J connectivity index is 1.91. The zero-order valence-corrected chi connectivity index (χ0v) is 12.6. The van der Waals surface area contributed by atoms with Crippen LogP contribution in [0.2, 0.25) is 0 Å². The summed E-state index contributed by atoms with van der Waals surface area (Å²) in [4.78, 5) is 12.2. The third-order valence-corrected chi connectivity index (χ3v) is 4.39. The topological polar surface area (TPSA) is 41.1 Å². The summed E-state index contributed by atoms with van der Waals surface area (Å²) in [7, 11) is 0. The number of hydrogen-bond acceptors (Lipinski definition) is 4. The molecule has 0 bridgehead atoms. The molecule has 20 heavy (non-hydrogen) atoms. The monoisotopic (exact) mass is 274 g/mol. The lowest BCUT2D eigenvalue weighted by Gasteiger charge is -2.25. The fourth-order valence-electron chi connectivity index (χ4n) is 3.28. The second-order valence-corrected chi connectivity index (χ2v) is 5.97. The van der Waals surface area contributed by atoms with Crippen molar-refractivity contribution in [2.24, 2.45) is 0 Å². The molecule has 0 aliphatic carbocycles. The Kier molecular flexibility index (Phi) is 4.51. The van der Waals surface area contributed by atoms with Crippen LogP contribution in [0.15, 0.2) is 0 Å². The molecule has 1 aromatic rings. The molecule has 1 N–H and O–H groups in total. The summed E-state index contributed by atoms with van der Waals surface area (Å²) < 4.78 is 0. The molecule has 0 aromatic carbocycles. The highest BCUT2D eigenvalue weighted by atomic mass is 15.3. The zero-order valence-electron chi connectivity index (χ0n) is 12.6. The summed E-state index contributed by atoms with van der Waals surface area (Å²) in [5.74, 6) is 0.984. The molecule has 0 saturated carbocycles. The number of rotatable bonds is 3. The molecule has 2 aliphatic rings. The molecule has 1 aromatic heterocycles. The molecule has 1 saturated heterocycles. The second kappa shape index (κ2) is 6.53. The lowest BCUT2D eigenvalue weighted by molar-refractivity contribution is 0.608. The fraction of sp³-hybridized carbons (Fsp3) is 0.750. The lowest BCUT2D eigenvalue weighted by atomic mass is 10.0. The van der Waals surface area contributed by atoms with E-state index in [4.69, 9.17) is 9.97 Å². The maximum Gasteiger partial charge on any atom is 0.225 e. The normalized spacial score (nSPS) is 19.6. The lowest BCUT2D eigenvalue weighted by Crippen LogP contribution is -2.31. The van der Waals surface area contributed by atoms with Gasteiger partial charge in [0, 0.05) is 25.3 Å². The minimum absolute atomic E-state index is 0.912. The van der Waals surface area contributed by atoms with Crippen LogP contribution in [0.1, 0.15) is 56.0 Å². The van der Waals surface area contributed by atoms with Gasteiger partial charge in [-0.25, -0.2) is 9.97 Å². The van der Waals surface area contributed by atoms with Gasteiger partial charge in [0.1, 0.15) is 0 Å². The predicted octanol–water partition coefficient (Wildman–Crippen LogP) is 2.46. The molecule has 2 aliphatic heterocycles. The van der Waals surface area contributed by atoms with Gasteiger partial charge in [0.25, 0.3) is 0 Å². The van der Waals surface area contributed by atoms with Crippen molar-refractivity contribution in [3.63, 3.8) is 0 Å². The maximum atomic E-state index is 4.93. The van der Waals surface area contributed by atoms with Gasteiger partial charge in [-0.1, -0.05) is 26.2 Å². The molecule has 3 heterocycles. The average molecular weight is 274 g/mol. The predicted molar refractivity (Wildman–Crippen MR) is 82.1 cm³/mol. The number of anilines is 1. The Morgan fingerprint density at radius 2 is 1.90 bits per heavy atom. The molecule has 110 valence electrons. The van der Waals surface area contributed by atoms with Crippen molar-refractivity contribution >= 4 is 5.95 Å². The van der Waals surface area contributed by atoms with Crippen LogP contribution in [-0.4, -0.2) is 29.6 Å². The van der Waals surface area contributed by atoms with Crippen LogP contribution in [0.5, 0.6) is 0 Å². The van der Waals surface area contributed by atoms with E-state index in [1.165, 1.54) is 42.6 Å². The van der Waals surface area contributed by atoms with Gasteiger partial charge < -0.3 is 10.2 Å². The maximum absolute atomic E-state index is 4.93. The van der Waals surface area contributed by atoms with Crippen LogP contribution in [0.3, 0.4) is 0 Å². The molecular formula is C16H26N4. The first-order chi connectivity index (χ1) is 9.88. The number of nitrogens with one attached hydrogen (secondary N) is 1. The van der Waals surface area contributed by atoms with Crippen molar-refractivity contribution in [1.29, 1.82) is 0 Å². The van der Waals surface area contributed by atoms with E-state index in [1.807, 2.05) is 0 Å². The molecule has 1 fully saturated rings. The van der Waals surface area contributed by atoms with E-state index in [9.17, 15) is 0 Å². The first kappa shape index (κ1) is 13.8. The highest BCUT2D eigenvalue weighted by Gasteiger charge is 2.20. The van der Waals surface area contributed by atoms with Crippen molar-refractivity contribution < 1.29 is 0 Å². The standard InChI is InChI=1S/C16H26N4/c1-2-7-14-13-8-9-17-12-15(13)19-16(18-14)20-10-5-3-4-6-11-20/h17H,2-12H2,1H3. The molecule has 0 spiro atoms. The van der Waals surface area contributed by atoms with Crippen molar-refractivity contribution in [2.75, 3.05) is 24.5 Å². The summed E-state index contributed by atoms with van der Waals surface area (Å²) in [5, 5.41) is 3.44. The van der Waals surface area contributed by atoms with Crippen LogP contribution in [-0.2, 0) is 19.4 Å². The van der Waals surface area contributed by atoms with Crippen LogP contribution < -0.4 is 10.2 Å². The van der Waals surface area contributed by atoms with Gasteiger partial charge >= 0.3 is 0 Å². The molecular weight excluding hydrogens is 248 g/mol. The number of nitrogens with zero attached hydrogens (tertiary/aromatic N) is 3. The molecule has 4 nitrogen and oxygen atoms in total. The molecule has 0 radical (unpaired) electrons. The van der Waals surface area contributed by atoms with Gasteiger partial charge in [0.05, 0.1) is 5.69 Å². The Bertz CT molecular complexity index is 450. The van der Waals surface area contributed by atoms with Gasteiger partial charge in [-0.05, 0) is 37.8 Å². The third-order valence-electron chi connectivity index (χ3n) is 4.39. The second-order valence-electron chi connectivity index (χ2n) is 5.97. The van der Waals surface area contributed by atoms with Gasteiger partial charge in [-0.3, -0.25) is 0 Å². The van der Waals surface area contributed by atoms with Crippen LogP contribution in [0.4, 0.5) is 5.95 Å². The highest BCUT2D eigenvalue weighted by Crippen LogP contribution is 2.22. The molecule has 0 amide bonds. The minimum atomic E-state index is 0.912. The third kappa shape index (κ3) is 2.95. The summed E-state index contributed by atoms with van der Waals surface area (Å²) >= 11 is 0. The highest BCUT2D eigenvalue weighted by molar-refractivity contribution is 5.38. The Labute approximate surface area is 122 Å². The Morgan fingerprint density at radius 1 is 1.10 bits per heavy atom. The average Bonchev–Trinajstić information content (AvgIpc) is 2.76. The van der Waals surface area contributed by atoms with E-state index in [0.29, 0.717) is 0 Å². The summed E-state index contributed by atoms with van der Waals surface area (Å²) in [6.07, 6.45) is 8.60. The molecule has 0 atom stereocenters. The van der Waals surface area contributed by atoms with Crippen molar-refractivity contribution in [3.8, 4) is 0 Å². The van der Waals surface area contributed by atoms with Gasteiger partial charge in [-0.15, -0.1) is 0 Å². The zero-order chi connectivity index (χ0) is 13.8. The van der Waals surface area contributed by atoms with Crippen LogP contribution in [0, 0.1) is 0 Å². The van der Waals surface area contributed by atoms with Crippen molar-refractivity contribution in [2.45, 2.75) is 58.4 Å². The van der Waals surface area contributed by atoms with E-state index >= 15 is 0 Å². The van der Waals surface area contributed by atoms with E-state index < -0.39 is 0 Å². The number of hydrogen-bond donors (Lipinski definition) is 1. The fourth-order valence-corrected chi connectivity index (χ4v) is 3.28. The number of aromatic nitrogens is 2. The minimum Gasteiger partial charge on any atom is -0.341 e. The van der Waals surface area contributed by atoms with Crippen molar-refractivity contribution in [1.82, 2.24) is 15.3 Å². The summed E-state index contributed by atoms with van der Waals surface area (Å²) in [6, 6.07) is 0. The number of aryl methyl sites for hydroxylation is 1.